The van der Waals surface area contributed by atoms with Crippen LogP contribution < -0.4 is 5.32 Å². The van der Waals surface area contributed by atoms with E-state index in [1.807, 2.05) is 0 Å². The van der Waals surface area contributed by atoms with E-state index in [0.29, 0.717) is 12.8 Å². The third kappa shape index (κ3) is 3.43. The lowest BCUT2D eigenvalue weighted by molar-refractivity contribution is -0.142. The Labute approximate surface area is 157 Å². The highest BCUT2D eigenvalue weighted by atomic mass is 32.2. The van der Waals surface area contributed by atoms with Gasteiger partial charge in [-0.05, 0) is 38.0 Å². The Kier molecular flexibility index (Phi) is 5.23. The van der Waals surface area contributed by atoms with Gasteiger partial charge >= 0.3 is 5.97 Å². The van der Waals surface area contributed by atoms with Gasteiger partial charge < -0.3 is 10.4 Å². The molecule has 1 saturated carbocycles. The first-order valence-electron chi connectivity index (χ1n) is 9.02. The number of nitrogens with one attached hydrogen (secondary N) is 1. The van der Waals surface area contributed by atoms with E-state index in [-0.39, 0.29) is 22.6 Å². The second kappa shape index (κ2) is 7.30. The van der Waals surface area contributed by atoms with Crippen LogP contribution in [0.5, 0.6) is 0 Å². The van der Waals surface area contributed by atoms with Gasteiger partial charge in [-0.15, -0.1) is 0 Å². The molecule has 0 bridgehead atoms. The van der Waals surface area contributed by atoms with E-state index in [1.54, 1.807) is 6.92 Å². The summed E-state index contributed by atoms with van der Waals surface area (Å²) in [5, 5.41) is 12.2. The first kappa shape index (κ1) is 19.3. The molecule has 2 N–H and O–H groups in total. The van der Waals surface area contributed by atoms with E-state index >= 15 is 0 Å². The van der Waals surface area contributed by atoms with E-state index in [0.717, 1.165) is 23.6 Å². The molecular weight excluding hydrogens is 372 g/mol. The van der Waals surface area contributed by atoms with Gasteiger partial charge in [0.25, 0.3) is 21.8 Å². The number of amides is 2. The minimum Gasteiger partial charge on any atom is -0.481 e. The molecule has 0 saturated heterocycles. The molecule has 0 unspecified atom stereocenters. The number of rotatable bonds is 4. The maximum atomic E-state index is 12.6. The molecule has 1 aromatic carbocycles. The lowest BCUT2D eigenvalue weighted by atomic mass is 9.94. The molecule has 1 aliphatic heterocycles. The topological polar surface area (TPSA) is 121 Å². The summed E-state index contributed by atoms with van der Waals surface area (Å²) in [6, 6.07) is 3.42. The van der Waals surface area contributed by atoms with Crippen molar-refractivity contribution in [3.8, 4) is 0 Å². The van der Waals surface area contributed by atoms with Gasteiger partial charge in [-0.2, -0.15) is 0 Å². The average molecular weight is 394 g/mol. The van der Waals surface area contributed by atoms with Crippen LogP contribution in [0.25, 0.3) is 0 Å². The molecule has 0 spiro atoms. The van der Waals surface area contributed by atoms with Crippen molar-refractivity contribution >= 4 is 27.8 Å². The molecule has 27 heavy (non-hydrogen) atoms. The number of nitrogens with zero attached hydrogens (tertiary/aromatic N) is 1. The average Bonchev–Trinajstić information content (AvgIpc) is 2.77. The molecule has 3 rings (SSSR count). The summed E-state index contributed by atoms with van der Waals surface area (Å²) in [6.07, 6.45) is 3.61. The Morgan fingerprint density at radius 1 is 1.22 bits per heavy atom. The molecule has 146 valence electrons. The summed E-state index contributed by atoms with van der Waals surface area (Å²) in [4.78, 5) is 36.1. The summed E-state index contributed by atoms with van der Waals surface area (Å²) >= 11 is 0. The fraction of sp³-hybridized carbons (Fsp3) is 0.500. The van der Waals surface area contributed by atoms with Gasteiger partial charge in [0.05, 0.1) is 11.5 Å². The van der Waals surface area contributed by atoms with Gasteiger partial charge in [0.15, 0.2) is 0 Å². The summed E-state index contributed by atoms with van der Waals surface area (Å²) in [6.45, 7) is 1.58. The molecular formula is C18H22N2O6S. The Hall–Kier alpha value is -2.42. The van der Waals surface area contributed by atoms with Crippen molar-refractivity contribution in [1.82, 2.24) is 9.62 Å². The zero-order chi connectivity index (χ0) is 19.8. The van der Waals surface area contributed by atoms with Gasteiger partial charge in [-0.3, -0.25) is 14.4 Å². The van der Waals surface area contributed by atoms with Crippen molar-refractivity contribution in [2.24, 2.45) is 5.92 Å². The van der Waals surface area contributed by atoms with Crippen molar-refractivity contribution < 1.29 is 27.9 Å². The Balaban J connectivity index is 1.87. The van der Waals surface area contributed by atoms with Crippen LogP contribution in [0.3, 0.4) is 0 Å². The first-order chi connectivity index (χ1) is 12.8. The number of fused-ring (bicyclic) bond motifs is 1. The maximum Gasteiger partial charge on any atom is 0.308 e. The molecule has 0 aromatic heterocycles. The van der Waals surface area contributed by atoms with Gasteiger partial charge in [-0.1, -0.05) is 19.3 Å². The van der Waals surface area contributed by atoms with E-state index in [4.69, 9.17) is 0 Å². The third-order valence-corrected chi connectivity index (χ3v) is 7.10. The standard InChI is InChI=1S/C18H22N2O6S/c1-2-20-17(22)13-9-8-11(10-15(13)27(20,25)26)16(21)19-14-7-5-3-4-6-12(14)18(23)24/h8-10,12,14H,2-7H2,1H3,(H,19,21)(H,23,24)/t12-,14+/m1/s1. The molecule has 8 nitrogen and oxygen atoms in total. The van der Waals surface area contributed by atoms with Gasteiger partial charge in [0, 0.05) is 18.2 Å². The van der Waals surface area contributed by atoms with E-state index in [1.165, 1.54) is 18.2 Å². The van der Waals surface area contributed by atoms with Crippen molar-refractivity contribution in [1.29, 1.82) is 0 Å². The van der Waals surface area contributed by atoms with Crippen molar-refractivity contribution in [2.75, 3.05) is 6.54 Å². The Morgan fingerprint density at radius 2 is 1.93 bits per heavy atom. The second-order valence-electron chi connectivity index (χ2n) is 6.85. The van der Waals surface area contributed by atoms with Crippen LogP contribution in [0.2, 0.25) is 0 Å². The summed E-state index contributed by atoms with van der Waals surface area (Å²) in [5.74, 6) is -2.74. The highest BCUT2D eigenvalue weighted by Gasteiger charge is 2.40. The molecule has 2 amide bonds. The summed E-state index contributed by atoms with van der Waals surface area (Å²) in [5.41, 5.74) is 0.141. The molecule has 1 aliphatic carbocycles. The zero-order valence-electron chi connectivity index (χ0n) is 15.0. The van der Waals surface area contributed by atoms with Crippen LogP contribution in [0.1, 0.15) is 59.7 Å². The van der Waals surface area contributed by atoms with Crippen LogP contribution in [-0.2, 0) is 14.8 Å². The molecule has 2 aliphatic rings. The van der Waals surface area contributed by atoms with Crippen LogP contribution in [0.4, 0.5) is 0 Å². The molecule has 1 heterocycles. The smallest absolute Gasteiger partial charge is 0.308 e. The normalized spacial score (nSPS) is 24.2. The lowest BCUT2D eigenvalue weighted by Gasteiger charge is -2.23. The first-order valence-corrected chi connectivity index (χ1v) is 10.5. The summed E-state index contributed by atoms with van der Waals surface area (Å²) in [7, 11) is -3.96. The predicted octanol–water partition coefficient (Wildman–Crippen LogP) is 1.61. The van der Waals surface area contributed by atoms with Gasteiger partial charge in [0.2, 0.25) is 0 Å². The Morgan fingerprint density at radius 3 is 2.59 bits per heavy atom. The number of carboxylic acids is 1. The van der Waals surface area contributed by atoms with E-state index < -0.39 is 39.8 Å². The SMILES string of the molecule is CCN1C(=O)c2ccc(C(=O)N[C@H]3CCCCC[C@H]3C(=O)O)cc2S1(=O)=O. The number of hydrogen-bond donors (Lipinski definition) is 2. The van der Waals surface area contributed by atoms with Crippen molar-refractivity contribution in [2.45, 2.75) is 50.0 Å². The number of hydrogen-bond acceptors (Lipinski definition) is 5. The highest BCUT2D eigenvalue weighted by molar-refractivity contribution is 7.90. The lowest BCUT2D eigenvalue weighted by Crippen LogP contribution is -2.42. The number of sulfonamides is 1. The van der Waals surface area contributed by atoms with Gasteiger partial charge in [-0.25, -0.2) is 12.7 Å². The minimum absolute atomic E-state index is 0.0136. The molecule has 1 fully saturated rings. The number of carboxylic acid groups (broad SMARTS) is 1. The molecule has 0 radical (unpaired) electrons. The van der Waals surface area contributed by atoms with Crippen LogP contribution >= 0.6 is 0 Å². The highest BCUT2D eigenvalue weighted by Crippen LogP contribution is 2.31. The number of carbonyl (C=O) groups is 3. The van der Waals surface area contributed by atoms with E-state index in [2.05, 4.69) is 5.32 Å². The molecule has 1 aromatic rings. The second-order valence-corrected chi connectivity index (χ2v) is 8.68. The van der Waals surface area contributed by atoms with E-state index in [9.17, 15) is 27.9 Å². The number of benzene rings is 1. The zero-order valence-corrected chi connectivity index (χ0v) is 15.8. The minimum atomic E-state index is -3.96. The predicted molar refractivity (Wildman–Crippen MR) is 95.8 cm³/mol. The quantitative estimate of drug-likeness (QED) is 0.749. The number of carbonyl (C=O) groups excluding carboxylic acids is 2. The fourth-order valence-electron chi connectivity index (χ4n) is 3.76. The van der Waals surface area contributed by atoms with Gasteiger partial charge in [0.1, 0.15) is 4.90 Å². The van der Waals surface area contributed by atoms with Crippen molar-refractivity contribution in [3.63, 3.8) is 0 Å². The molecule has 9 heteroatoms. The Bertz CT molecular complexity index is 895. The number of aliphatic carboxylic acids is 1. The van der Waals surface area contributed by atoms with Crippen LogP contribution in [-0.4, -0.2) is 48.2 Å². The largest absolute Gasteiger partial charge is 0.481 e. The monoisotopic (exact) mass is 394 g/mol. The van der Waals surface area contributed by atoms with Crippen LogP contribution in [0.15, 0.2) is 23.1 Å². The summed E-state index contributed by atoms with van der Waals surface area (Å²) < 4.78 is 25.7. The van der Waals surface area contributed by atoms with Crippen molar-refractivity contribution in [3.05, 3.63) is 29.3 Å². The van der Waals surface area contributed by atoms with Crippen LogP contribution in [0, 0.1) is 5.92 Å². The maximum absolute atomic E-state index is 12.6. The molecule has 2 atom stereocenters. The fourth-order valence-corrected chi connectivity index (χ4v) is 5.36. The third-order valence-electron chi connectivity index (χ3n) is 5.21.